The third-order valence-corrected chi connectivity index (χ3v) is 2.73. The van der Waals surface area contributed by atoms with E-state index in [4.69, 9.17) is 20.7 Å². The van der Waals surface area contributed by atoms with Crippen LogP contribution in [0.15, 0.2) is 0 Å². The van der Waals surface area contributed by atoms with Crippen LogP contribution in [0.1, 0.15) is 12.8 Å². The average molecular weight is 221 g/mol. The van der Waals surface area contributed by atoms with Crippen molar-refractivity contribution in [3.63, 3.8) is 0 Å². The molecule has 1 rings (SSSR count). The summed E-state index contributed by atoms with van der Waals surface area (Å²) in [6.07, 6.45) is -2.48. The van der Waals surface area contributed by atoms with E-state index in [2.05, 4.69) is 0 Å². The summed E-state index contributed by atoms with van der Waals surface area (Å²) in [6.45, 7) is -0.338. The first-order chi connectivity index (χ1) is 7.11. The van der Waals surface area contributed by atoms with Crippen LogP contribution in [0.2, 0.25) is 0 Å². The molecule has 0 aromatic carbocycles. The third-order valence-electron chi connectivity index (χ3n) is 2.73. The van der Waals surface area contributed by atoms with Gasteiger partial charge in [-0.1, -0.05) is 0 Å². The zero-order valence-electron chi connectivity index (χ0n) is 8.49. The fourth-order valence-corrected chi connectivity index (χ4v) is 1.77. The van der Waals surface area contributed by atoms with E-state index in [0.717, 1.165) is 0 Å². The highest BCUT2D eigenvalue weighted by Gasteiger charge is 2.41. The van der Waals surface area contributed by atoms with Gasteiger partial charge in [-0.05, 0) is 12.8 Å². The van der Waals surface area contributed by atoms with Crippen LogP contribution in [0, 0.1) is 0 Å². The van der Waals surface area contributed by atoms with Crippen LogP contribution in [0.25, 0.3) is 0 Å². The highest BCUT2D eigenvalue weighted by atomic mass is 16.5. The van der Waals surface area contributed by atoms with Crippen molar-refractivity contribution >= 4 is 0 Å². The van der Waals surface area contributed by atoms with Gasteiger partial charge in [0.05, 0.1) is 18.8 Å². The third kappa shape index (κ3) is 2.87. The van der Waals surface area contributed by atoms with Crippen LogP contribution in [0.4, 0.5) is 0 Å². The molecule has 0 amide bonds. The summed E-state index contributed by atoms with van der Waals surface area (Å²) < 4.78 is 5.34. The van der Waals surface area contributed by atoms with Gasteiger partial charge in [0.1, 0.15) is 18.3 Å². The van der Waals surface area contributed by atoms with Crippen LogP contribution in [-0.2, 0) is 4.74 Å². The fourth-order valence-electron chi connectivity index (χ4n) is 1.77. The van der Waals surface area contributed by atoms with Crippen molar-refractivity contribution in [2.24, 2.45) is 5.73 Å². The van der Waals surface area contributed by atoms with E-state index in [-0.39, 0.29) is 13.2 Å². The van der Waals surface area contributed by atoms with E-state index < -0.39 is 30.5 Å². The van der Waals surface area contributed by atoms with Crippen LogP contribution >= 0.6 is 0 Å². The van der Waals surface area contributed by atoms with E-state index in [1.165, 1.54) is 0 Å². The lowest BCUT2D eigenvalue weighted by Gasteiger charge is -2.40. The molecular weight excluding hydrogens is 202 g/mol. The molecule has 5 atom stereocenters. The van der Waals surface area contributed by atoms with Crippen LogP contribution < -0.4 is 5.73 Å². The predicted molar refractivity (Wildman–Crippen MR) is 52.1 cm³/mol. The number of aliphatic hydroxyl groups excluding tert-OH is 4. The second kappa shape index (κ2) is 5.74. The Morgan fingerprint density at radius 3 is 2.27 bits per heavy atom. The van der Waals surface area contributed by atoms with Crippen LogP contribution in [-0.4, -0.2) is 64.1 Å². The van der Waals surface area contributed by atoms with E-state index >= 15 is 0 Å². The molecule has 0 saturated carbocycles. The van der Waals surface area contributed by atoms with Crippen LogP contribution in [0.5, 0.6) is 0 Å². The molecule has 1 fully saturated rings. The second-order valence-corrected chi connectivity index (χ2v) is 3.82. The Morgan fingerprint density at radius 1 is 1.07 bits per heavy atom. The Bertz CT molecular complexity index is 189. The molecule has 1 heterocycles. The SMILES string of the molecule is NC1C(CCCO)OC(CO)C(O)C1O. The molecule has 1 aliphatic rings. The first-order valence-electron chi connectivity index (χ1n) is 5.10. The fraction of sp³-hybridized carbons (Fsp3) is 1.00. The van der Waals surface area contributed by atoms with Crippen molar-refractivity contribution in [2.45, 2.75) is 43.3 Å². The predicted octanol–water partition coefficient (Wildman–Crippen LogP) is -2.43. The molecule has 0 aromatic rings. The van der Waals surface area contributed by atoms with Gasteiger partial charge in [-0.15, -0.1) is 0 Å². The number of nitrogens with two attached hydrogens (primary N) is 1. The Hall–Kier alpha value is -0.240. The summed E-state index contributed by atoms with van der Waals surface area (Å²) in [6, 6.07) is -0.686. The lowest BCUT2D eigenvalue weighted by Crippen LogP contribution is -2.61. The van der Waals surface area contributed by atoms with E-state index in [1.54, 1.807) is 0 Å². The molecule has 0 aliphatic carbocycles. The number of hydrogen-bond acceptors (Lipinski definition) is 6. The summed E-state index contributed by atoms with van der Waals surface area (Å²) in [5, 5.41) is 36.7. The molecule has 0 aromatic heterocycles. The summed E-state index contributed by atoms with van der Waals surface area (Å²) >= 11 is 0. The van der Waals surface area contributed by atoms with Gasteiger partial charge in [-0.25, -0.2) is 0 Å². The van der Waals surface area contributed by atoms with Crippen molar-refractivity contribution in [2.75, 3.05) is 13.2 Å². The molecular formula is C9H19NO5. The largest absolute Gasteiger partial charge is 0.396 e. The van der Waals surface area contributed by atoms with Crippen molar-refractivity contribution in [1.82, 2.24) is 0 Å². The number of rotatable bonds is 4. The maximum Gasteiger partial charge on any atom is 0.110 e. The topological polar surface area (TPSA) is 116 Å². The Labute approximate surface area is 88.3 Å². The molecule has 6 heteroatoms. The van der Waals surface area contributed by atoms with Gasteiger partial charge >= 0.3 is 0 Å². The van der Waals surface area contributed by atoms with E-state index in [9.17, 15) is 10.2 Å². The molecule has 5 unspecified atom stereocenters. The van der Waals surface area contributed by atoms with E-state index in [1.807, 2.05) is 0 Å². The number of hydrogen-bond donors (Lipinski definition) is 5. The molecule has 6 nitrogen and oxygen atoms in total. The Kier molecular flexibility index (Phi) is 4.91. The van der Waals surface area contributed by atoms with E-state index in [0.29, 0.717) is 12.8 Å². The maximum absolute atomic E-state index is 9.59. The van der Waals surface area contributed by atoms with Gasteiger partial charge in [0, 0.05) is 6.61 Å². The number of aliphatic hydroxyl groups is 4. The first kappa shape index (κ1) is 12.8. The number of ether oxygens (including phenoxy) is 1. The lowest BCUT2D eigenvalue weighted by molar-refractivity contribution is -0.190. The quantitative estimate of drug-likeness (QED) is 0.360. The zero-order chi connectivity index (χ0) is 11.4. The minimum atomic E-state index is -1.16. The van der Waals surface area contributed by atoms with Gasteiger partial charge in [-0.2, -0.15) is 0 Å². The summed E-state index contributed by atoms with van der Waals surface area (Å²) in [5.74, 6) is 0. The summed E-state index contributed by atoms with van der Waals surface area (Å²) in [4.78, 5) is 0. The molecule has 0 radical (unpaired) electrons. The van der Waals surface area contributed by atoms with Crippen molar-refractivity contribution in [3.05, 3.63) is 0 Å². The van der Waals surface area contributed by atoms with Crippen LogP contribution in [0.3, 0.4) is 0 Å². The average Bonchev–Trinajstić information content (AvgIpc) is 2.25. The Balaban J connectivity index is 2.57. The Morgan fingerprint density at radius 2 is 1.73 bits per heavy atom. The van der Waals surface area contributed by atoms with Gasteiger partial charge < -0.3 is 30.9 Å². The van der Waals surface area contributed by atoms with Crippen molar-refractivity contribution in [1.29, 1.82) is 0 Å². The van der Waals surface area contributed by atoms with Crippen molar-refractivity contribution in [3.8, 4) is 0 Å². The zero-order valence-corrected chi connectivity index (χ0v) is 8.49. The summed E-state index contributed by atoms with van der Waals surface area (Å²) in [7, 11) is 0. The van der Waals surface area contributed by atoms with Crippen molar-refractivity contribution < 1.29 is 25.2 Å². The monoisotopic (exact) mass is 221 g/mol. The molecule has 90 valence electrons. The molecule has 0 bridgehead atoms. The highest BCUT2D eigenvalue weighted by Crippen LogP contribution is 2.22. The maximum atomic E-state index is 9.59. The lowest BCUT2D eigenvalue weighted by atomic mass is 9.91. The minimum absolute atomic E-state index is 0.0228. The highest BCUT2D eigenvalue weighted by molar-refractivity contribution is 4.94. The molecule has 0 spiro atoms. The first-order valence-corrected chi connectivity index (χ1v) is 5.10. The minimum Gasteiger partial charge on any atom is -0.396 e. The van der Waals surface area contributed by atoms with Gasteiger partial charge in [0.2, 0.25) is 0 Å². The smallest absolute Gasteiger partial charge is 0.110 e. The summed E-state index contributed by atoms with van der Waals surface area (Å²) in [5.41, 5.74) is 5.67. The molecule has 1 saturated heterocycles. The van der Waals surface area contributed by atoms with Gasteiger partial charge in [-0.3, -0.25) is 0 Å². The molecule has 15 heavy (non-hydrogen) atoms. The second-order valence-electron chi connectivity index (χ2n) is 3.82. The van der Waals surface area contributed by atoms with Gasteiger partial charge in [0.15, 0.2) is 0 Å². The molecule has 6 N–H and O–H groups in total. The standard InChI is InChI=1S/C9H19NO5/c10-7-5(2-1-3-11)15-6(4-12)8(13)9(7)14/h5-9,11-14H,1-4,10H2. The molecule has 1 aliphatic heterocycles. The normalized spacial score (nSPS) is 41.8. The van der Waals surface area contributed by atoms with Gasteiger partial charge in [0.25, 0.3) is 0 Å².